The lowest BCUT2D eigenvalue weighted by atomic mass is 10.1. The maximum absolute atomic E-state index is 14.3. The summed E-state index contributed by atoms with van der Waals surface area (Å²) in [6, 6.07) is 5.36. The van der Waals surface area contributed by atoms with Gasteiger partial charge in [-0.1, -0.05) is 19.4 Å². The van der Waals surface area contributed by atoms with Crippen molar-refractivity contribution < 1.29 is 9.50 Å². The summed E-state index contributed by atoms with van der Waals surface area (Å²) in [7, 11) is 0. The number of aliphatic hydroxyl groups is 1. The van der Waals surface area contributed by atoms with Crippen LogP contribution in [0.2, 0.25) is 0 Å². The third-order valence-electron chi connectivity index (χ3n) is 3.33. The molecular formula is C17H29FN2O. The van der Waals surface area contributed by atoms with Crippen LogP contribution in [0.25, 0.3) is 0 Å². The maximum Gasteiger partial charge on any atom is 0.146 e. The first-order chi connectivity index (χ1) is 9.87. The fourth-order valence-electron chi connectivity index (χ4n) is 2.11. The van der Waals surface area contributed by atoms with E-state index in [2.05, 4.69) is 33.0 Å². The van der Waals surface area contributed by atoms with Crippen LogP contribution in [0.3, 0.4) is 0 Å². The largest absolute Gasteiger partial charge is 0.395 e. The van der Waals surface area contributed by atoms with E-state index < -0.39 is 0 Å². The van der Waals surface area contributed by atoms with Crippen molar-refractivity contribution in [2.24, 2.45) is 0 Å². The van der Waals surface area contributed by atoms with Gasteiger partial charge in [-0.05, 0) is 44.9 Å². The molecule has 120 valence electrons. The molecule has 3 nitrogen and oxygen atoms in total. The average Bonchev–Trinajstić information content (AvgIpc) is 2.41. The van der Waals surface area contributed by atoms with E-state index in [0.29, 0.717) is 18.8 Å². The quantitative estimate of drug-likeness (QED) is 0.772. The van der Waals surface area contributed by atoms with Gasteiger partial charge in [0.1, 0.15) is 5.82 Å². The Balaban J connectivity index is 2.79. The third kappa shape index (κ3) is 6.44. The van der Waals surface area contributed by atoms with E-state index >= 15 is 0 Å². The Bertz CT molecular complexity index is 429. The molecule has 0 aliphatic rings. The van der Waals surface area contributed by atoms with Gasteiger partial charge in [-0.2, -0.15) is 0 Å². The van der Waals surface area contributed by atoms with E-state index in [1.165, 1.54) is 0 Å². The predicted molar refractivity (Wildman–Crippen MR) is 87.2 cm³/mol. The molecule has 0 amide bonds. The average molecular weight is 296 g/mol. The Morgan fingerprint density at radius 1 is 1.24 bits per heavy atom. The molecule has 1 aromatic rings. The number of hydrogen-bond donors (Lipinski definition) is 2. The number of halogens is 1. The zero-order valence-electron chi connectivity index (χ0n) is 13.7. The highest BCUT2D eigenvalue weighted by Crippen LogP contribution is 2.21. The van der Waals surface area contributed by atoms with Crippen molar-refractivity contribution in [1.82, 2.24) is 5.32 Å². The number of benzene rings is 1. The van der Waals surface area contributed by atoms with Crippen molar-refractivity contribution in [2.75, 3.05) is 24.6 Å². The van der Waals surface area contributed by atoms with Gasteiger partial charge in [0.05, 0.1) is 12.3 Å². The van der Waals surface area contributed by atoms with E-state index in [0.717, 1.165) is 24.9 Å². The van der Waals surface area contributed by atoms with Crippen LogP contribution >= 0.6 is 0 Å². The number of nitrogens with one attached hydrogen (secondary N) is 1. The molecule has 0 bridgehead atoms. The second-order valence-corrected chi connectivity index (χ2v) is 6.45. The van der Waals surface area contributed by atoms with Gasteiger partial charge in [0.25, 0.3) is 0 Å². The van der Waals surface area contributed by atoms with Gasteiger partial charge in [0, 0.05) is 25.2 Å². The minimum atomic E-state index is -0.215. The highest BCUT2D eigenvalue weighted by atomic mass is 19.1. The van der Waals surface area contributed by atoms with Gasteiger partial charge in [-0.3, -0.25) is 0 Å². The summed E-state index contributed by atoms with van der Waals surface area (Å²) in [5.74, 6) is -0.215. The van der Waals surface area contributed by atoms with Gasteiger partial charge in [0.2, 0.25) is 0 Å². The lowest BCUT2D eigenvalue weighted by molar-refractivity contribution is 0.301. The van der Waals surface area contributed by atoms with Crippen molar-refractivity contribution >= 4 is 5.69 Å². The topological polar surface area (TPSA) is 35.5 Å². The highest BCUT2D eigenvalue weighted by molar-refractivity contribution is 5.49. The van der Waals surface area contributed by atoms with Gasteiger partial charge in [-0.15, -0.1) is 0 Å². The standard InChI is InChI=1S/C17H29FN2O/c1-5-6-9-20(10-11-21)16-8-7-14(12-15(16)18)13-19-17(2,3)4/h7-8,12,19,21H,5-6,9-11,13H2,1-4H3. The SMILES string of the molecule is CCCCN(CCO)c1ccc(CNC(C)(C)C)cc1F. The van der Waals surface area contributed by atoms with E-state index in [4.69, 9.17) is 5.11 Å². The summed E-state index contributed by atoms with van der Waals surface area (Å²) >= 11 is 0. The smallest absolute Gasteiger partial charge is 0.146 e. The Morgan fingerprint density at radius 3 is 2.48 bits per heavy atom. The number of nitrogens with zero attached hydrogens (tertiary/aromatic N) is 1. The van der Waals surface area contributed by atoms with E-state index in [1.54, 1.807) is 6.07 Å². The highest BCUT2D eigenvalue weighted by Gasteiger charge is 2.13. The fourth-order valence-corrected chi connectivity index (χ4v) is 2.11. The molecule has 0 fully saturated rings. The molecule has 21 heavy (non-hydrogen) atoms. The Hall–Kier alpha value is -1.13. The summed E-state index contributed by atoms with van der Waals surface area (Å²) in [6.45, 7) is 10.3. The summed E-state index contributed by atoms with van der Waals surface area (Å²) < 4.78 is 14.3. The Labute approximate surface area is 128 Å². The molecule has 0 atom stereocenters. The van der Waals surface area contributed by atoms with Crippen LogP contribution in [0.5, 0.6) is 0 Å². The molecule has 2 N–H and O–H groups in total. The van der Waals surface area contributed by atoms with E-state index in [9.17, 15) is 4.39 Å². The van der Waals surface area contributed by atoms with Crippen molar-refractivity contribution in [2.45, 2.75) is 52.6 Å². The minimum Gasteiger partial charge on any atom is -0.395 e. The van der Waals surface area contributed by atoms with Crippen molar-refractivity contribution in [3.63, 3.8) is 0 Å². The van der Waals surface area contributed by atoms with Gasteiger partial charge >= 0.3 is 0 Å². The van der Waals surface area contributed by atoms with E-state index in [-0.39, 0.29) is 18.0 Å². The number of hydrogen-bond acceptors (Lipinski definition) is 3. The molecule has 0 unspecified atom stereocenters. The summed E-state index contributed by atoms with van der Waals surface area (Å²) in [5.41, 5.74) is 1.53. The van der Waals surface area contributed by atoms with E-state index in [1.807, 2.05) is 17.0 Å². The first-order valence-electron chi connectivity index (χ1n) is 7.76. The first-order valence-corrected chi connectivity index (χ1v) is 7.76. The first kappa shape index (κ1) is 17.9. The van der Waals surface area contributed by atoms with Crippen molar-refractivity contribution in [3.05, 3.63) is 29.6 Å². The number of rotatable bonds is 8. The second kappa shape index (κ2) is 8.35. The van der Waals surface area contributed by atoms with Crippen molar-refractivity contribution in [1.29, 1.82) is 0 Å². The van der Waals surface area contributed by atoms with Crippen molar-refractivity contribution in [3.8, 4) is 0 Å². The molecule has 0 saturated heterocycles. The molecule has 0 aromatic heterocycles. The number of unbranched alkanes of at least 4 members (excludes halogenated alkanes) is 1. The molecule has 1 rings (SSSR count). The predicted octanol–water partition coefficient (Wildman–Crippen LogP) is 3.31. The van der Waals surface area contributed by atoms with Gasteiger partial charge in [0.15, 0.2) is 0 Å². The maximum atomic E-state index is 14.3. The van der Waals surface area contributed by atoms with Crippen LogP contribution in [0.4, 0.5) is 10.1 Å². The summed E-state index contributed by atoms with van der Waals surface area (Å²) in [4.78, 5) is 1.92. The van der Waals surface area contributed by atoms with Crippen LogP contribution in [0.1, 0.15) is 46.1 Å². The molecule has 0 spiro atoms. The molecule has 0 saturated carbocycles. The van der Waals surface area contributed by atoms with Crippen LogP contribution in [0, 0.1) is 5.82 Å². The van der Waals surface area contributed by atoms with Gasteiger partial charge in [-0.25, -0.2) is 4.39 Å². The zero-order chi connectivity index (χ0) is 15.9. The Morgan fingerprint density at radius 2 is 1.95 bits per heavy atom. The molecule has 0 aliphatic heterocycles. The summed E-state index contributed by atoms with van der Waals surface area (Å²) in [6.07, 6.45) is 2.05. The molecule has 1 aromatic carbocycles. The second-order valence-electron chi connectivity index (χ2n) is 6.45. The third-order valence-corrected chi connectivity index (χ3v) is 3.33. The van der Waals surface area contributed by atoms with Crippen LogP contribution < -0.4 is 10.2 Å². The fraction of sp³-hybridized carbons (Fsp3) is 0.647. The molecule has 0 aliphatic carbocycles. The molecule has 0 heterocycles. The summed E-state index contributed by atoms with van der Waals surface area (Å²) in [5, 5.41) is 12.5. The lowest BCUT2D eigenvalue weighted by Gasteiger charge is -2.25. The van der Waals surface area contributed by atoms with Crippen LogP contribution in [-0.4, -0.2) is 30.3 Å². The Kier molecular flexibility index (Phi) is 7.12. The molecular weight excluding hydrogens is 267 g/mol. The number of aliphatic hydroxyl groups excluding tert-OH is 1. The zero-order valence-corrected chi connectivity index (χ0v) is 13.7. The molecule has 4 heteroatoms. The lowest BCUT2D eigenvalue weighted by Crippen LogP contribution is -2.35. The van der Waals surface area contributed by atoms with Crippen LogP contribution in [-0.2, 0) is 6.54 Å². The van der Waals surface area contributed by atoms with Gasteiger partial charge < -0.3 is 15.3 Å². The molecule has 0 radical (unpaired) electrons. The number of anilines is 1. The monoisotopic (exact) mass is 296 g/mol. The van der Waals surface area contributed by atoms with Crippen LogP contribution in [0.15, 0.2) is 18.2 Å². The normalized spacial score (nSPS) is 11.7. The minimum absolute atomic E-state index is 0.0131.